The largest absolute Gasteiger partial charge is 0.487 e. The van der Waals surface area contributed by atoms with Crippen molar-refractivity contribution in [3.63, 3.8) is 0 Å². The zero-order valence-corrected chi connectivity index (χ0v) is 18.6. The fourth-order valence-corrected chi connectivity index (χ4v) is 4.07. The van der Waals surface area contributed by atoms with Crippen molar-refractivity contribution in [1.82, 2.24) is 24.0 Å². The van der Waals surface area contributed by atoms with E-state index >= 15 is 0 Å². The SMILES string of the molecule is CCn1c(=O)c2c(nc(C=Cc3ccc(OC4CCNCC4)c(F)c3)n2C)n(CC)c1=O. The van der Waals surface area contributed by atoms with Gasteiger partial charge in [-0.05, 0) is 63.6 Å². The highest BCUT2D eigenvalue weighted by molar-refractivity contribution is 5.76. The highest BCUT2D eigenvalue weighted by atomic mass is 19.1. The Bertz CT molecular complexity index is 1280. The number of fused-ring (bicyclic) bond motifs is 1. The van der Waals surface area contributed by atoms with Crippen molar-refractivity contribution >= 4 is 23.3 Å². The first-order valence-corrected chi connectivity index (χ1v) is 11.0. The van der Waals surface area contributed by atoms with Crippen LogP contribution < -0.4 is 21.3 Å². The van der Waals surface area contributed by atoms with Gasteiger partial charge in [0.1, 0.15) is 11.9 Å². The van der Waals surface area contributed by atoms with Crippen molar-refractivity contribution in [2.45, 2.75) is 45.9 Å². The molecule has 1 saturated heterocycles. The first kappa shape index (κ1) is 22.0. The van der Waals surface area contributed by atoms with Crippen molar-refractivity contribution in [3.05, 3.63) is 56.2 Å². The number of halogens is 1. The van der Waals surface area contributed by atoms with E-state index in [1.807, 2.05) is 6.92 Å². The van der Waals surface area contributed by atoms with E-state index in [4.69, 9.17) is 4.74 Å². The van der Waals surface area contributed by atoms with Crippen LogP contribution in [0.3, 0.4) is 0 Å². The number of imidazole rings is 1. The van der Waals surface area contributed by atoms with Crippen LogP contribution in [-0.2, 0) is 20.1 Å². The first-order chi connectivity index (χ1) is 15.4. The number of aryl methyl sites for hydroxylation is 2. The van der Waals surface area contributed by atoms with Crippen molar-refractivity contribution in [2.75, 3.05) is 13.1 Å². The van der Waals surface area contributed by atoms with E-state index in [1.54, 1.807) is 42.8 Å². The quantitative estimate of drug-likeness (QED) is 0.635. The smallest absolute Gasteiger partial charge is 0.332 e. The summed E-state index contributed by atoms with van der Waals surface area (Å²) in [7, 11) is 1.73. The van der Waals surface area contributed by atoms with Gasteiger partial charge in [-0.1, -0.05) is 12.1 Å². The highest BCUT2D eigenvalue weighted by Gasteiger charge is 2.18. The standard InChI is InChI=1S/C23H28FN5O3/c1-4-28-21-20(22(30)29(5-2)23(28)31)27(3)19(26-21)9-7-15-6-8-18(17(24)14-15)32-16-10-12-25-13-11-16/h6-9,14,16,25H,4-5,10-13H2,1-3H3. The number of piperidine rings is 1. The lowest BCUT2D eigenvalue weighted by molar-refractivity contribution is 0.156. The molecule has 3 heterocycles. The third kappa shape index (κ3) is 4.00. The minimum atomic E-state index is -0.415. The average molecular weight is 442 g/mol. The molecular weight excluding hydrogens is 413 g/mol. The molecule has 0 unspecified atom stereocenters. The van der Waals surface area contributed by atoms with Crippen LogP contribution in [0.25, 0.3) is 23.3 Å². The minimum Gasteiger partial charge on any atom is -0.487 e. The third-order valence-corrected chi connectivity index (χ3v) is 5.87. The monoisotopic (exact) mass is 441 g/mol. The van der Waals surface area contributed by atoms with Crippen LogP contribution in [0, 0.1) is 5.82 Å². The molecule has 4 rings (SSSR count). The average Bonchev–Trinajstić information content (AvgIpc) is 3.11. The van der Waals surface area contributed by atoms with Gasteiger partial charge >= 0.3 is 5.69 Å². The molecule has 0 bridgehead atoms. The van der Waals surface area contributed by atoms with Crippen LogP contribution in [0.15, 0.2) is 27.8 Å². The van der Waals surface area contributed by atoms with E-state index in [2.05, 4.69) is 10.3 Å². The predicted octanol–water partition coefficient (Wildman–Crippen LogP) is 2.38. The minimum absolute atomic E-state index is 0.0236. The van der Waals surface area contributed by atoms with Crippen LogP contribution in [-0.4, -0.2) is 37.9 Å². The molecule has 3 aromatic rings. The summed E-state index contributed by atoms with van der Waals surface area (Å²) in [6, 6.07) is 4.84. The number of aromatic nitrogens is 4. The van der Waals surface area contributed by atoms with Gasteiger partial charge in [-0.25, -0.2) is 14.2 Å². The molecule has 1 N–H and O–H groups in total. The van der Waals surface area contributed by atoms with Crippen LogP contribution in [0.2, 0.25) is 0 Å². The molecule has 1 aliphatic rings. The Labute approximate surface area is 185 Å². The molecule has 1 aliphatic heterocycles. The molecule has 0 aliphatic carbocycles. The lowest BCUT2D eigenvalue weighted by Crippen LogP contribution is -2.39. The predicted molar refractivity (Wildman–Crippen MR) is 122 cm³/mol. The second kappa shape index (κ2) is 9.12. The van der Waals surface area contributed by atoms with Gasteiger partial charge in [0.05, 0.1) is 0 Å². The summed E-state index contributed by atoms with van der Waals surface area (Å²) in [5, 5.41) is 3.26. The van der Waals surface area contributed by atoms with Gasteiger partial charge in [0.2, 0.25) is 0 Å². The normalized spacial score (nSPS) is 15.1. The number of nitrogens with zero attached hydrogens (tertiary/aromatic N) is 4. The molecule has 9 heteroatoms. The Morgan fingerprint density at radius 1 is 1.16 bits per heavy atom. The van der Waals surface area contributed by atoms with Crippen molar-refractivity contribution in [1.29, 1.82) is 0 Å². The first-order valence-electron chi connectivity index (χ1n) is 11.0. The Kier molecular flexibility index (Phi) is 6.27. The number of rotatable bonds is 6. The Morgan fingerprint density at radius 3 is 2.53 bits per heavy atom. The van der Waals surface area contributed by atoms with E-state index in [-0.39, 0.29) is 29.6 Å². The number of ether oxygens (including phenoxy) is 1. The van der Waals surface area contributed by atoms with E-state index in [0.29, 0.717) is 29.1 Å². The molecule has 1 aromatic carbocycles. The van der Waals surface area contributed by atoms with Gasteiger partial charge in [0, 0.05) is 20.1 Å². The summed E-state index contributed by atoms with van der Waals surface area (Å²) in [6.07, 6.45) is 5.18. The van der Waals surface area contributed by atoms with Crippen LogP contribution >= 0.6 is 0 Å². The lowest BCUT2D eigenvalue weighted by atomic mass is 10.1. The summed E-state index contributed by atoms with van der Waals surface area (Å²) in [5.74, 6) is 0.341. The molecule has 0 atom stereocenters. The number of nitrogens with one attached hydrogen (secondary N) is 1. The van der Waals surface area contributed by atoms with Gasteiger partial charge < -0.3 is 14.6 Å². The van der Waals surface area contributed by atoms with Gasteiger partial charge in [-0.3, -0.25) is 13.9 Å². The third-order valence-electron chi connectivity index (χ3n) is 5.87. The molecule has 0 radical (unpaired) electrons. The maximum atomic E-state index is 14.6. The molecule has 32 heavy (non-hydrogen) atoms. The molecule has 170 valence electrons. The Balaban J connectivity index is 1.65. The summed E-state index contributed by atoms with van der Waals surface area (Å²) in [5.41, 5.74) is 0.631. The lowest BCUT2D eigenvalue weighted by Gasteiger charge is -2.24. The highest BCUT2D eigenvalue weighted by Crippen LogP contribution is 2.23. The zero-order chi connectivity index (χ0) is 22.8. The molecule has 0 saturated carbocycles. The van der Waals surface area contributed by atoms with E-state index in [0.717, 1.165) is 25.9 Å². The zero-order valence-electron chi connectivity index (χ0n) is 18.6. The Hall–Kier alpha value is -3.20. The number of benzene rings is 1. The summed E-state index contributed by atoms with van der Waals surface area (Å²) in [6.45, 7) is 6.04. The van der Waals surface area contributed by atoms with Gasteiger partial charge in [-0.15, -0.1) is 0 Å². The van der Waals surface area contributed by atoms with Crippen molar-refractivity contribution < 1.29 is 9.13 Å². The van der Waals surface area contributed by atoms with E-state index in [9.17, 15) is 14.0 Å². The molecule has 2 aromatic heterocycles. The molecule has 1 fully saturated rings. The Morgan fingerprint density at radius 2 is 1.88 bits per heavy atom. The molecule has 0 spiro atoms. The van der Waals surface area contributed by atoms with E-state index < -0.39 is 5.82 Å². The fourth-order valence-electron chi connectivity index (χ4n) is 4.07. The molecular formula is C23H28FN5O3. The van der Waals surface area contributed by atoms with Crippen LogP contribution in [0.4, 0.5) is 4.39 Å². The second-order valence-electron chi connectivity index (χ2n) is 7.87. The van der Waals surface area contributed by atoms with Gasteiger partial charge in [0.25, 0.3) is 5.56 Å². The maximum absolute atomic E-state index is 14.6. The van der Waals surface area contributed by atoms with Crippen molar-refractivity contribution in [3.8, 4) is 5.75 Å². The summed E-state index contributed by atoms with van der Waals surface area (Å²) >= 11 is 0. The fraction of sp³-hybridized carbons (Fsp3) is 0.435. The van der Waals surface area contributed by atoms with Crippen LogP contribution in [0.1, 0.15) is 38.1 Å². The van der Waals surface area contributed by atoms with Gasteiger partial charge in [0.15, 0.2) is 22.7 Å². The number of hydrogen-bond donors (Lipinski definition) is 1. The maximum Gasteiger partial charge on any atom is 0.332 e. The van der Waals surface area contributed by atoms with E-state index in [1.165, 1.54) is 15.2 Å². The molecule has 0 amide bonds. The van der Waals surface area contributed by atoms with Gasteiger partial charge in [-0.2, -0.15) is 0 Å². The van der Waals surface area contributed by atoms with Crippen LogP contribution in [0.5, 0.6) is 5.75 Å². The van der Waals surface area contributed by atoms with Crippen molar-refractivity contribution in [2.24, 2.45) is 7.05 Å². The summed E-state index contributed by atoms with van der Waals surface area (Å²) in [4.78, 5) is 29.9. The molecule has 8 nitrogen and oxygen atoms in total. The second-order valence-corrected chi connectivity index (χ2v) is 7.87. The number of hydrogen-bond acceptors (Lipinski definition) is 5. The summed E-state index contributed by atoms with van der Waals surface area (Å²) < 4.78 is 24.7. The topological polar surface area (TPSA) is 83.1 Å².